The van der Waals surface area contributed by atoms with Crippen molar-refractivity contribution in [3.63, 3.8) is 0 Å². The third-order valence-corrected chi connectivity index (χ3v) is 5.26. The standard InChI is InChI=1S/C17H20N2O2/c1-19-9-11(17(20)21-2)6-13-12-4-3-5-14-16(12)10(8-18-14)7-15(13)19/h3-5,8,11,13,15,18H,6-7,9H2,1-2H3/t11-,13?,15+/m0/s1. The van der Waals surface area contributed by atoms with Gasteiger partial charge in [0, 0.05) is 35.6 Å². The van der Waals surface area contributed by atoms with Gasteiger partial charge in [-0.25, -0.2) is 0 Å². The number of aromatic nitrogens is 1. The predicted molar refractivity (Wildman–Crippen MR) is 81.3 cm³/mol. The second-order valence-electron chi connectivity index (χ2n) is 6.36. The zero-order chi connectivity index (χ0) is 14.6. The molecule has 1 N–H and O–H groups in total. The van der Waals surface area contributed by atoms with Crippen molar-refractivity contribution in [1.82, 2.24) is 9.88 Å². The molecule has 1 fully saturated rings. The molecule has 3 atom stereocenters. The summed E-state index contributed by atoms with van der Waals surface area (Å²) in [5, 5.41) is 1.37. The van der Waals surface area contributed by atoms with E-state index in [1.54, 1.807) is 0 Å². The van der Waals surface area contributed by atoms with Crippen LogP contribution in [0.4, 0.5) is 0 Å². The highest BCUT2D eigenvalue weighted by Gasteiger charge is 2.41. The third kappa shape index (κ3) is 1.82. The van der Waals surface area contributed by atoms with Crippen LogP contribution in [0.15, 0.2) is 24.4 Å². The molecular weight excluding hydrogens is 264 g/mol. The van der Waals surface area contributed by atoms with Crippen LogP contribution in [-0.4, -0.2) is 42.6 Å². The first-order valence-corrected chi connectivity index (χ1v) is 7.56. The van der Waals surface area contributed by atoms with E-state index in [1.807, 2.05) is 0 Å². The van der Waals surface area contributed by atoms with Gasteiger partial charge < -0.3 is 14.6 Å². The van der Waals surface area contributed by atoms with Crippen molar-refractivity contribution in [2.45, 2.75) is 24.8 Å². The highest BCUT2D eigenvalue weighted by atomic mass is 16.5. The minimum atomic E-state index is -0.0765. The maximum atomic E-state index is 12.0. The van der Waals surface area contributed by atoms with E-state index in [2.05, 4.69) is 41.3 Å². The van der Waals surface area contributed by atoms with E-state index in [0.717, 1.165) is 19.4 Å². The molecule has 1 aliphatic carbocycles. The molecule has 2 heterocycles. The van der Waals surface area contributed by atoms with E-state index >= 15 is 0 Å². The van der Waals surface area contributed by atoms with Crippen LogP contribution in [0.25, 0.3) is 10.9 Å². The molecule has 0 amide bonds. The van der Waals surface area contributed by atoms with E-state index in [-0.39, 0.29) is 11.9 Å². The topological polar surface area (TPSA) is 45.3 Å². The Balaban J connectivity index is 1.79. The van der Waals surface area contributed by atoms with Gasteiger partial charge >= 0.3 is 5.97 Å². The largest absolute Gasteiger partial charge is 0.469 e. The minimum absolute atomic E-state index is 0.0167. The summed E-state index contributed by atoms with van der Waals surface area (Å²) >= 11 is 0. The SMILES string of the molecule is COC(=O)[C@H]1CC2c3cccc4[nH]cc(c34)C[C@H]2N(C)C1. The number of aromatic amines is 1. The molecule has 21 heavy (non-hydrogen) atoms. The molecule has 4 heteroatoms. The van der Waals surface area contributed by atoms with Gasteiger partial charge in [-0.1, -0.05) is 12.1 Å². The lowest BCUT2D eigenvalue weighted by Crippen LogP contribution is -2.49. The normalized spacial score (nSPS) is 28.4. The zero-order valence-corrected chi connectivity index (χ0v) is 12.4. The highest BCUT2D eigenvalue weighted by molar-refractivity contribution is 5.88. The number of H-pyrrole nitrogens is 1. The number of methoxy groups -OCH3 is 1. The molecule has 4 nitrogen and oxygen atoms in total. The van der Waals surface area contributed by atoms with Crippen LogP contribution in [0, 0.1) is 5.92 Å². The molecule has 1 aliphatic heterocycles. The van der Waals surface area contributed by atoms with Gasteiger partial charge in [-0.05, 0) is 37.1 Å². The molecule has 0 spiro atoms. The first kappa shape index (κ1) is 12.9. The first-order chi connectivity index (χ1) is 10.2. The van der Waals surface area contributed by atoms with Gasteiger partial charge in [0.25, 0.3) is 0 Å². The molecule has 1 aromatic heterocycles. The van der Waals surface area contributed by atoms with Crippen molar-refractivity contribution in [2.24, 2.45) is 5.92 Å². The summed E-state index contributed by atoms with van der Waals surface area (Å²) in [6.45, 7) is 0.795. The molecule has 2 aliphatic rings. The molecule has 2 aromatic rings. The molecule has 1 saturated heterocycles. The van der Waals surface area contributed by atoms with Gasteiger partial charge in [0.2, 0.25) is 0 Å². The monoisotopic (exact) mass is 284 g/mol. The Hall–Kier alpha value is -1.81. The number of ether oxygens (including phenoxy) is 1. The Morgan fingerprint density at radius 1 is 1.43 bits per heavy atom. The Bertz CT molecular complexity index is 706. The van der Waals surface area contributed by atoms with Crippen LogP contribution >= 0.6 is 0 Å². The number of likely N-dealkylation sites (tertiary alicyclic amines) is 1. The Morgan fingerprint density at radius 3 is 3.10 bits per heavy atom. The molecule has 1 unspecified atom stereocenters. The van der Waals surface area contributed by atoms with Crippen LogP contribution in [0.1, 0.15) is 23.5 Å². The van der Waals surface area contributed by atoms with Crippen LogP contribution in [0.5, 0.6) is 0 Å². The molecular formula is C17H20N2O2. The number of hydrogen-bond acceptors (Lipinski definition) is 3. The van der Waals surface area contributed by atoms with Crippen molar-refractivity contribution in [1.29, 1.82) is 0 Å². The first-order valence-electron chi connectivity index (χ1n) is 7.56. The number of piperidine rings is 1. The summed E-state index contributed by atoms with van der Waals surface area (Å²) in [5.74, 6) is 0.323. The van der Waals surface area contributed by atoms with Crippen molar-refractivity contribution in [3.05, 3.63) is 35.5 Å². The van der Waals surface area contributed by atoms with Crippen LogP contribution in [0.2, 0.25) is 0 Å². The quantitative estimate of drug-likeness (QED) is 0.817. The number of likely N-dealkylation sites (N-methyl/N-ethyl adjacent to an activating group) is 1. The summed E-state index contributed by atoms with van der Waals surface area (Å²) in [5.41, 5.74) is 4.01. The van der Waals surface area contributed by atoms with Crippen molar-refractivity contribution in [2.75, 3.05) is 20.7 Å². The predicted octanol–water partition coefficient (Wildman–Crippen LogP) is 2.30. The lowest BCUT2D eigenvalue weighted by Gasteiger charge is -2.44. The number of benzene rings is 1. The minimum Gasteiger partial charge on any atom is -0.469 e. The Kier molecular flexibility index (Phi) is 2.82. The molecule has 4 rings (SSSR count). The number of carbonyl (C=O) groups excluding carboxylic acids is 1. The van der Waals surface area contributed by atoms with E-state index in [4.69, 9.17) is 4.74 Å². The second kappa shape index (κ2) is 4.60. The fourth-order valence-corrected chi connectivity index (χ4v) is 4.28. The number of fused-ring (bicyclic) bond motifs is 2. The second-order valence-corrected chi connectivity index (χ2v) is 6.36. The van der Waals surface area contributed by atoms with Gasteiger partial charge in [0.15, 0.2) is 0 Å². The number of nitrogens with zero attached hydrogens (tertiary/aromatic N) is 1. The highest BCUT2D eigenvalue weighted by Crippen LogP contribution is 2.44. The van der Waals surface area contributed by atoms with Crippen LogP contribution < -0.4 is 0 Å². The van der Waals surface area contributed by atoms with Gasteiger partial charge in [0.1, 0.15) is 0 Å². The van der Waals surface area contributed by atoms with Crippen molar-refractivity contribution in [3.8, 4) is 0 Å². The Labute approximate surface area is 124 Å². The average molecular weight is 284 g/mol. The summed E-state index contributed by atoms with van der Waals surface area (Å²) < 4.78 is 4.97. The van der Waals surface area contributed by atoms with Crippen molar-refractivity contribution < 1.29 is 9.53 Å². The average Bonchev–Trinajstić information content (AvgIpc) is 2.92. The molecule has 1 aromatic carbocycles. The number of carbonyl (C=O) groups is 1. The van der Waals surface area contributed by atoms with Gasteiger partial charge in [0.05, 0.1) is 13.0 Å². The summed E-state index contributed by atoms with van der Waals surface area (Å²) in [6.07, 6.45) is 4.10. The van der Waals surface area contributed by atoms with Gasteiger partial charge in [-0.2, -0.15) is 0 Å². The Morgan fingerprint density at radius 2 is 2.29 bits per heavy atom. The lowest BCUT2D eigenvalue weighted by atomic mass is 9.72. The number of esters is 1. The maximum absolute atomic E-state index is 12.0. The summed E-state index contributed by atoms with van der Waals surface area (Å²) in [6, 6.07) is 6.96. The number of rotatable bonds is 1. The zero-order valence-electron chi connectivity index (χ0n) is 12.4. The van der Waals surface area contributed by atoms with E-state index in [1.165, 1.54) is 29.1 Å². The smallest absolute Gasteiger partial charge is 0.309 e. The summed E-state index contributed by atoms with van der Waals surface area (Å²) in [7, 11) is 3.62. The lowest BCUT2D eigenvalue weighted by molar-refractivity contribution is -0.148. The van der Waals surface area contributed by atoms with E-state index in [9.17, 15) is 4.79 Å². The van der Waals surface area contributed by atoms with Gasteiger partial charge in [-0.3, -0.25) is 4.79 Å². The summed E-state index contributed by atoms with van der Waals surface area (Å²) in [4.78, 5) is 17.7. The third-order valence-electron chi connectivity index (χ3n) is 5.26. The van der Waals surface area contributed by atoms with E-state index < -0.39 is 0 Å². The van der Waals surface area contributed by atoms with Crippen LogP contribution in [-0.2, 0) is 16.0 Å². The van der Waals surface area contributed by atoms with Crippen LogP contribution in [0.3, 0.4) is 0 Å². The fraction of sp³-hybridized carbons (Fsp3) is 0.471. The van der Waals surface area contributed by atoms with Gasteiger partial charge in [-0.15, -0.1) is 0 Å². The fourth-order valence-electron chi connectivity index (χ4n) is 4.28. The maximum Gasteiger partial charge on any atom is 0.309 e. The van der Waals surface area contributed by atoms with E-state index in [0.29, 0.717) is 12.0 Å². The molecule has 110 valence electrons. The molecule has 0 radical (unpaired) electrons. The number of nitrogens with one attached hydrogen (secondary N) is 1. The molecule has 0 saturated carbocycles. The molecule has 0 bridgehead atoms. The van der Waals surface area contributed by atoms with Crippen molar-refractivity contribution >= 4 is 16.9 Å². The number of hydrogen-bond donors (Lipinski definition) is 1.